The molecule has 0 unspecified atom stereocenters. The van der Waals surface area contributed by atoms with Crippen molar-refractivity contribution in [3.63, 3.8) is 0 Å². The Bertz CT molecular complexity index is 994. The van der Waals surface area contributed by atoms with Gasteiger partial charge >= 0.3 is 5.97 Å². The van der Waals surface area contributed by atoms with Crippen LogP contribution in [-0.4, -0.2) is 28.1 Å². The first-order valence-corrected chi connectivity index (χ1v) is 10.00. The monoisotopic (exact) mass is 492 g/mol. The molecule has 0 spiro atoms. The average Bonchev–Trinajstić information content (AvgIpc) is 2.98. The molecule has 1 aromatic heterocycles. The Morgan fingerprint density at radius 2 is 1.85 bits per heavy atom. The van der Waals surface area contributed by atoms with Crippen molar-refractivity contribution in [3.8, 4) is 0 Å². The number of carbonyl (C=O) groups is 1. The molecule has 0 fully saturated rings. The van der Waals surface area contributed by atoms with Gasteiger partial charge in [-0.1, -0.05) is 49.1 Å². The maximum Gasteiger partial charge on any atom is 0.356 e. The van der Waals surface area contributed by atoms with E-state index >= 15 is 0 Å². The standard InChI is InChI=1S/C20H18Br2N2O3/c1-2-27-20(25)18(23-26)9-14-12-24(11-13-3-5-15(21)6-4-13)19-8-7-16(22)10-17(14)19/h3-8,10,12,26H,2,9,11H2,1H3/b23-18+. The number of oxime groups is 1. The minimum Gasteiger partial charge on any atom is -0.461 e. The van der Waals surface area contributed by atoms with Gasteiger partial charge in [-0.25, -0.2) is 4.79 Å². The lowest BCUT2D eigenvalue weighted by atomic mass is 10.1. The number of esters is 1. The summed E-state index contributed by atoms with van der Waals surface area (Å²) in [5.74, 6) is -0.608. The predicted molar refractivity (Wildman–Crippen MR) is 112 cm³/mol. The highest BCUT2D eigenvalue weighted by molar-refractivity contribution is 9.10. The van der Waals surface area contributed by atoms with E-state index in [4.69, 9.17) is 4.74 Å². The molecule has 0 radical (unpaired) electrons. The van der Waals surface area contributed by atoms with Crippen LogP contribution in [0.3, 0.4) is 0 Å². The first kappa shape index (κ1) is 19.6. The Labute approximate surface area is 173 Å². The zero-order valence-corrected chi connectivity index (χ0v) is 17.8. The molecule has 27 heavy (non-hydrogen) atoms. The average molecular weight is 494 g/mol. The van der Waals surface area contributed by atoms with Gasteiger partial charge in [0.15, 0.2) is 5.71 Å². The summed E-state index contributed by atoms with van der Waals surface area (Å²) in [6, 6.07) is 14.2. The van der Waals surface area contributed by atoms with Gasteiger partial charge in [-0.15, -0.1) is 0 Å². The Balaban J connectivity index is 1.99. The molecule has 7 heteroatoms. The molecule has 0 amide bonds. The number of fused-ring (bicyclic) bond motifs is 1. The third kappa shape index (κ3) is 4.59. The van der Waals surface area contributed by atoms with Crippen molar-refractivity contribution in [2.75, 3.05) is 6.61 Å². The van der Waals surface area contributed by atoms with Gasteiger partial charge < -0.3 is 14.5 Å². The highest BCUT2D eigenvalue weighted by Crippen LogP contribution is 2.27. The van der Waals surface area contributed by atoms with Crippen LogP contribution >= 0.6 is 31.9 Å². The summed E-state index contributed by atoms with van der Waals surface area (Å²) < 4.78 is 9.07. The second kappa shape index (κ2) is 8.71. The number of benzene rings is 2. The number of hydrogen-bond acceptors (Lipinski definition) is 4. The number of nitrogens with zero attached hydrogens (tertiary/aromatic N) is 2. The lowest BCUT2D eigenvalue weighted by Gasteiger charge is -2.06. The quantitative estimate of drug-likeness (QED) is 0.223. The molecule has 0 aliphatic rings. The van der Waals surface area contributed by atoms with Gasteiger partial charge in [0, 0.05) is 39.0 Å². The summed E-state index contributed by atoms with van der Waals surface area (Å²) in [4.78, 5) is 12.0. The summed E-state index contributed by atoms with van der Waals surface area (Å²) >= 11 is 6.95. The Morgan fingerprint density at radius 1 is 1.15 bits per heavy atom. The minimum absolute atomic E-state index is 0.0143. The fourth-order valence-electron chi connectivity index (χ4n) is 2.94. The number of hydrogen-bond donors (Lipinski definition) is 1. The second-order valence-corrected chi connectivity index (χ2v) is 7.85. The first-order chi connectivity index (χ1) is 13.0. The maximum absolute atomic E-state index is 12.0. The van der Waals surface area contributed by atoms with Crippen LogP contribution in [0.2, 0.25) is 0 Å². The highest BCUT2D eigenvalue weighted by atomic mass is 79.9. The van der Waals surface area contributed by atoms with E-state index in [0.29, 0.717) is 6.54 Å². The molecule has 0 saturated heterocycles. The van der Waals surface area contributed by atoms with Crippen LogP contribution in [0.5, 0.6) is 0 Å². The third-order valence-electron chi connectivity index (χ3n) is 4.18. The van der Waals surface area contributed by atoms with Gasteiger partial charge in [0.05, 0.1) is 6.61 Å². The van der Waals surface area contributed by atoms with Crippen molar-refractivity contribution in [1.82, 2.24) is 4.57 Å². The molecule has 5 nitrogen and oxygen atoms in total. The van der Waals surface area contributed by atoms with Gasteiger partial charge in [-0.3, -0.25) is 0 Å². The molecular formula is C20H18Br2N2O3. The highest BCUT2D eigenvalue weighted by Gasteiger charge is 2.18. The topological polar surface area (TPSA) is 63.8 Å². The molecule has 0 bridgehead atoms. The smallest absolute Gasteiger partial charge is 0.356 e. The van der Waals surface area contributed by atoms with Crippen LogP contribution in [-0.2, 0) is 22.5 Å². The van der Waals surface area contributed by atoms with E-state index in [9.17, 15) is 10.0 Å². The molecule has 1 N–H and O–H groups in total. The minimum atomic E-state index is -0.608. The Morgan fingerprint density at radius 3 is 2.52 bits per heavy atom. The summed E-state index contributed by atoms with van der Waals surface area (Å²) in [5, 5.41) is 13.4. The molecular weight excluding hydrogens is 476 g/mol. The van der Waals surface area contributed by atoms with E-state index in [0.717, 1.165) is 31.0 Å². The fourth-order valence-corrected chi connectivity index (χ4v) is 3.57. The lowest BCUT2D eigenvalue weighted by molar-refractivity contribution is -0.135. The fraction of sp³-hybridized carbons (Fsp3) is 0.200. The van der Waals surface area contributed by atoms with Gasteiger partial charge in [-0.2, -0.15) is 0 Å². The normalized spacial score (nSPS) is 11.7. The van der Waals surface area contributed by atoms with E-state index in [-0.39, 0.29) is 18.7 Å². The third-order valence-corrected chi connectivity index (χ3v) is 5.20. The largest absolute Gasteiger partial charge is 0.461 e. The molecule has 3 aromatic rings. The van der Waals surface area contributed by atoms with Crippen molar-refractivity contribution in [3.05, 3.63) is 68.7 Å². The van der Waals surface area contributed by atoms with Crippen LogP contribution in [0.25, 0.3) is 10.9 Å². The molecule has 0 saturated carbocycles. The lowest BCUT2D eigenvalue weighted by Crippen LogP contribution is -2.20. The van der Waals surface area contributed by atoms with Crippen LogP contribution in [0.1, 0.15) is 18.1 Å². The Hall–Kier alpha value is -2.12. The van der Waals surface area contributed by atoms with Gasteiger partial charge in [0.25, 0.3) is 0 Å². The van der Waals surface area contributed by atoms with Crippen molar-refractivity contribution >= 4 is 54.4 Å². The second-order valence-electron chi connectivity index (χ2n) is 6.01. The zero-order chi connectivity index (χ0) is 19.4. The van der Waals surface area contributed by atoms with E-state index in [2.05, 4.69) is 53.7 Å². The number of rotatable bonds is 6. The summed E-state index contributed by atoms with van der Waals surface area (Å²) in [6.45, 7) is 2.64. The van der Waals surface area contributed by atoms with E-state index < -0.39 is 5.97 Å². The van der Waals surface area contributed by atoms with Crippen molar-refractivity contribution < 1.29 is 14.7 Å². The number of carbonyl (C=O) groups excluding carboxylic acids is 1. The zero-order valence-electron chi connectivity index (χ0n) is 14.7. The van der Waals surface area contributed by atoms with E-state index in [1.165, 1.54) is 0 Å². The number of aromatic nitrogens is 1. The number of halogens is 2. The molecule has 3 rings (SSSR count). The Kier molecular flexibility index (Phi) is 6.34. The van der Waals surface area contributed by atoms with Crippen molar-refractivity contribution in [2.45, 2.75) is 19.9 Å². The van der Waals surface area contributed by atoms with Gasteiger partial charge in [0.1, 0.15) is 0 Å². The van der Waals surface area contributed by atoms with Crippen molar-refractivity contribution in [1.29, 1.82) is 0 Å². The molecule has 0 atom stereocenters. The number of ether oxygens (including phenoxy) is 1. The van der Waals surface area contributed by atoms with Crippen LogP contribution in [0.15, 0.2) is 62.8 Å². The molecule has 2 aromatic carbocycles. The predicted octanol–water partition coefficient (Wildman–Crippen LogP) is 5.15. The molecule has 0 aliphatic carbocycles. The van der Waals surface area contributed by atoms with Crippen LogP contribution in [0.4, 0.5) is 0 Å². The van der Waals surface area contributed by atoms with Gasteiger partial charge in [0.2, 0.25) is 0 Å². The molecule has 140 valence electrons. The molecule has 1 heterocycles. The molecule has 0 aliphatic heterocycles. The van der Waals surface area contributed by atoms with E-state index in [1.54, 1.807) is 6.92 Å². The van der Waals surface area contributed by atoms with Crippen LogP contribution in [0, 0.1) is 0 Å². The van der Waals surface area contributed by atoms with Crippen LogP contribution < -0.4 is 0 Å². The summed E-state index contributed by atoms with van der Waals surface area (Å²) in [7, 11) is 0. The first-order valence-electron chi connectivity index (χ1n) is 8.41. The van der Waals surface area contributed by atoms with Gasteiger partial charge in [-0.05, 0) is 48.4 Å². The maximum atomic E-state index is 12.0. The summed E-state index contributed by atoms with van der Waals surface area (Å²) in [5.41, 5.74) is 3.08. The SMILES string of the molecule is CCOC(=O)/C(Cc1cn(Cc2ccc(Br)cc2)c2ccc(Br)cc12)=N/O. The van der Waals surface area contributed by atoms with Crippen molar-refractivity contribution in [2.24, 2.45) is 5.16 Å². The van der Waals surface area contributed by atoms with E-state index in [1.807, 2.05) is 36.5 Å². The summed E-state index contributed by atoms with van der Waals surface area (Å²) in [6.07, 6.45) is 2.18.